The van der Waals surface area contributed by atoms with Crippen molar-refractivity contribution < 1.29 is 13.2 Å². The van der Waals surface area contributed by atoms with Gasteiger partial charge in [0.2, 0.25) is 0 Å². The van der Waals surface area contributed by atoms with Crippen LogP contribution >= 0.6 is 11.3 Å². The van der Waals surface area contributed by atoms with Crippen LogP contribution in [0.15, 0.2) is 16.9 Å². The fourth-order valence-corrected chi connectivity index (χ4v) is 4.41. The van der Waals surface area contributed by atoms with Gasteiger partial charge in [0.25, 0.3) is 5.56 Å². The lowest BCUT2D eigenvalue weighted by Crippen LogP contribution is -2.46. The molecule has 1 saturated heterocycles. The molecule has 154 valence electrons. The topological polar surface area (TPSA) is 78.0 Å². The Labute approximate surface area is 168 Å². The molecule has 1 N–H and O–H groups in total. The van der Waals surface area contributed by atoms with Crippen molar-refractivity contribution in [2.75, 3.05) is 31.1 Å². The number of aromatic nitrogens is 4. The largest absolute Gasteiger partial charge is 0.435 e. The highest BCUT2D eigenvalue weighted by molar-refractivity contribution is 7.18. The molecule has 0 saturated carbocycles. The van der Waals surface area contributed by atoms with Gasteiger partial charge in [0.15, 0.2) is 11.5 Å². The van der Waals surface area contributed by atoms with Gasteiger partial charge >= 0.3 is 6.18 Å². The number of anilines is 1. The number of H-pyrrole nitrogens is 1. The third-order valence-electron chi connectivity index (χ3n) is 5.10. The predicted molar refractivity (Wildman–Crippen MR) is 104 cm³/mol. The van der Waals surface area contributed by atoms with Gasteiger partial charge in [-0.15, -0.1) is 21.5 Å². The first-order valence-electron chi connectivity index (χ1n) is 9.09. The molecule has 7 nitrogen and oxygen atoms in total. The summed E-state index contributed by atoms with van der Waals surface area (Å²) < 4.78 is 37.8. The maximum Gasteiger partial charge on any atom is 0.435 e. The van der Waals surface area contributed by atoms with Crippen molar-refractivity contribution in [1.29, 1.82) is 0 Å². The highest BCUT2D eigenvalue weighted by atomic mass is 32.1. The number of rotatable bonds is 3. The Morgan fingerprint density at radius 2 is 1.86 bits per heavy atom. The maximum atomic E-state index is 12.6. The number of alkyl halides is 3. The SMILES string of the molecule is Cc1sc2nc(CN3CCN(c4ccc(C(F)(F)F)nn4)CC3)[nH]c(=O)c2c1C. The zero-order chi connectivity index (χ0) is 20.8. The molecule has 11 heteroatoms. The molecule has 3 aromatic rings. The van der Waals surface area contributed by atoms with Gasteiger partial charge in [0.1, 0.15) is 10.7 Å². The summed E-state index contributed by atoms with van der Waals surface area (Å²) in [7, 11) is 0. The third-order valence-corrected chi connectivity index (χ3v) is 6.20. The molecule has 0 aromatic carbocycles. The Morgan fingerprint density at radius 3 is 2.48 bits per heavy atom. The number of hydrogen-bond donors (Lipinski definition) is 1. The molecule has 0 aliphatic carbocycles. The van der Waals surface area contributed by atoms with Gasteiger partial charge in [0.05, 0.1) is 11.9 Å². The van der Waals surface area contributed by atoms with Gasteiger partial charge in [-0.05, 0) is 31.5 Å². The van der Waals surface area contributed by atoms with Gasteiger partial charge in [0, 0.05) is 31.1 Å². The van der Waals surface area contributed by atoms with Gasteiger partial charge in [-0.1, -0.05) is 0 Å². The van der Waals surface area contributed by atoms with Crippen molar-refractivity contribution in [1.82, 2.24) is 25.1 Å². The minimum atomic E-state index is -4.49. The van der Waals surface area contributed by atoms with Crippen LogP contribution in [0.2, 0.25) is 0 Å². The average Bonchev–Trinajstić information content (AvgIpc) is 2.96. The number of halogens is 3. The molecule has 0 amide bonds. The van der Waals surface area contributed by atoms with Crippen LogP contribution in [0.5, 0.6) is 0 Å². The van der Waals surface area contributed by atoms with Crippen molar-refractivity contribution in [3.8, 4) is 0 Å². The van der Waals surface area contributed by atoms with Crippen LogP contribution in [0.25, 0.3) is 10.2 Å². The summed E-state index contributed by atoms with van der Waals surface area (Å²) in [5, 5.41) is 7.65. The second-order valence-corrected chi connectivity index (χ2v) is 8.22. The van der Waals surface area contributed by atoms with E-state index in [1.54, 1.807) is 0 Å². The van der Waals surface area contributed by atoms with Gasteiger partial charge in [-0.3, -0.25) is 9.69 Å². The van der Waals surface area contributed by atoms with Gasteiger partial charge in [-0.2, -0.15) is 13.2 Å². The van der Waals surface area contributed by atoms with E-state index in [0.717, 1.165) is 21.3 Å². The second kappa shape index (κ2) is 7.38. The predicted octanol–water partition coefficient (Wildman–Crippen LogP) is 2.73. The van der Waals surface area contributed by atoms with Crippen LogP contribution in [0.1, 0.15) is 22.0 Å². The molecule has 0 atom stereocenters. The minimum absolute atomic E-state index is 0.120. The highest BCUT2D eigenvalue weighted by Crippen LogP contribution is 2.28. The Morgan fingerprint density at radius 1 is 1.14 bits per heavy atom. The van der Waals surface area contributed by atoms with Crippen LogP contribution in [0.4, 0.5) is 19.0 Å². The smallest absolute Gasteiger partial charge is 0.353 e. The van der Waals surface area contributed by atoms with E-state index < -0.39 is 11.9 Å². The minimum Gasteiger partial charge on any atom is -0.353 e. The second-order valence-electron chi connectivity index (χ2n) is 7.01. The number of hydrogen-bond acceptors (Lipinski definition) is 7. The van der Waals surface area contributed by atoms with Gasteiger partial charge < -0.3 is 9.88 Å². The molecule has 1 aliphatic rings. The van der Waals surface area contributed by atoms with E-state index in [4.69, 9.17) is 0 Å². The molecule has 4 heterocycles. The molecule has 1 aliphatic heterocycles. The molecule has 29 heavy (non-hydrogen) atoms. The van der Waals surface area contributed by atoms with E-state index in [0.29, 0.717) is 49.8 Å². The Balaban J connectivity index is 1.41. The standard InChI is InChI=1S/C18H19F3N6OS/c1-10-11(2)29-17-15(10)16(28)22-13(23-17)9-26-5-7-27(8-6-26)14-4-3-12(24-25-14)18(19,20)21/h3-4H,5-9H2,1-2H3,(H,22,23,28). The Bertz CT molecular complexity index is 1080. The quantitative estimate of drug-likeness (QED) is 0.697. The number of aromatic amines is 1. The van der Waals surface area contributed by atoms with Crippen molar-refractivity contribution >= 4 is 27.4 Å². The molecule has 0 unspecified atom stereocenters. The summed E-state index contributed by atoms with van der Waals surface area (Å²) >= 11 is 1.52. The molecule has 1 fully saturated rings. The van der Waals surface area contributed by atoms with E-state index in [-0.39, 0.29) is 5.56 Å². The maximum absolute atomic E-state index is 12.6. The molecular formula is C18H19F3N6OS. The van der Waals surface area contributed by atoms with E-state index >= 15 is 0 Å². The van der Waals surface area contributed by atoms with E-state index in [1.165, 1.54) is 17.4 Å². The monoisotopic (exact) mass is 424 g/mol. The summed E-state index contributed by atoms with van der Waals surface area (Å²) in [6.45, 7) is 6.96. The van der Waals surface area contributed by atoms with Gasteiger partial charge in [-0.25, -0.2) is 4.98 Å². The summed E-state index contributed by atoms with van der Waals surface area (Å²) in [6, 6.07) is 2.30. The van der Waals surface area contributed by atoms with Crippen molar-refractivity contribution in [3.05, 3.63) is 44.4 Å². The Kier molecular flexibility index (Phi) is 5.03. The summed E-state index contributed by atoms with van der Waals surface area (Å²) in [5.74, 6) is 1.04. The first kappa shape index (κ1) is 19.8. The zero-order valence-electron chi connectivity index (χ0n) is 15.9. The fourth-order valence-electron chi connectivity index (χ4n) is 3.37. The molecule has 4 rings (SSSR count). The van der Waals surface area contributed by atoms with Crippen molar-refractivity contribution in [3.63, 3.8) is 0 Å². The lowest BCUT2D eigenvalue weighted by Gasteiger charge is -2.34. The van der Waals surface area contributed by atoms with Crippen LogP contribution in [0, 0.1) is 13.8 Å². The van der Waals surface area contributed by atoms with Crippen LogP contribution < -0.4 is 10.5 Å². The number of nitrogens with zero attached hydrogens (tertiary/aromatic N) is 5. The Hall–Kier alpha value is -2.53. The number of piperazine rings is 1. The third kappa shape index (κ3) is 3.97. The average molecular weight is 424 g/mol. The normalized spacial score (nSPS) is 16.0. The van der Waals surface area contributed by atoms with Crippen LogP contribution in [-0.4, -0.2) is 51.2 Å². The number of thiophene rings is 1. The first-order chi connectivity index (χ1) is 13.7. The molecular weight excluding hydrogens is 405 g/mol. The van der Waals surface area contributed by atoms with Crippen molar-refractivity contribution in [2.24, 2.45) is 0 Å². The molecule has 0 bridgehead atoms. The van der Waals surface area contributed by atoms with Crippen LogP contribution in [0.3, 0.4) is 0 Å². The molecule has 0 radical (unpaired) electrons. The molecule has 3 aromatic heterocycles. The zero-order valence-corrected chi connectivity index (χ0v) is 16.7. The van der Waals surface area contributed by atoms with Crippen LogP contribution in [-0.2, 0) is 12.7 Å². The fraction of sp³-hybridized carbons (Fsp3) is 0.444. The first-order valence-corrected chi connectivity index (χ1v) is 9.91. The van der Waals surface area contributed by atoms with E-state index in [9.17, 15) is 18.0 Å². The van der Waals surface area contributed by atoms with E-state index in [2.05, 4.69) is 25.1 Å². The summed E-state index contributed by atoms with van der Waals surface area (Å²) in [4.78, 5) is 25.7. The lowest BCUT2D eigenvalue weighted by molar-refractivity contribution is -0.141. The number of nitrogens with one attached hydrogen (secondary N) is 1. The van der Waals surface area contributed by atoms with Crippen molar-refractivity contribution in [2.45, 2.75) is 26.6 Å². The van der Waals surface area contributed by atoms with E-state index in [1.807, 2.05) is 18.7 Å². The summed E-state index contributed by atoms with van der Waals surface area (Å²) in [5.41, 5.74) is -0.147. The number of aryl methyl sites for hydroxylation is 2. The number of fused-ring (bicyclic) bond motifs is 1. The lowest BCUT2D eigenvalue weighted by atomic mass is 10.2. The highest BCUT2D eigenvalue weighted by Gasteiger charge is 2.33. The summed E-state index contributed by atoms with van der Waals surface area (Å²) in [6.07, 6.45) is -4.49. The molecule has 0 spiro atoms.